The molecule has 0 unspecified atom stereocenters. The molecule has 5 heteroatoms. The number of nitrogens with zero attached hydrogens (tertiary/aromatic N) is 3. The molecule has 2 fully saturated rings. The summed E-state index contributed by atoms with van der Waals surface area (Å²) in [5.41, 5.74) is 2.55. The van der Waals surface area contributed by atoms with Gasteiger partial charge in [0.05, 0.1) is 17.8 Å². The normalized spacial score (nSPS) is 19.1. The van der Waals surface area contributed by atoms with Crippen molar-refractivity contribution < 1.29 is 4.74 Å². The van der Waals surface area contributed by atoms with Crippen molar-refractivity contribution in [2.75, 3.05) is 38.2 Å². The maximum Gasteiger partial charge on any atom is 0.119 e. The molecule has 0 atom stereocenters. The van der Waals surface area contributed by atoms with Crippen LogP contribution in [0.15, 0.2) is 29.6 Å². The number of rotatable bonds is 5. The highest BCUT2D eigenvalue weighted by molar-refractivity contribution is 7.09. The Labute approximate surface area is 141 Å². The van der Waals surface area contributed by atoms with Crippen molar-refractivity contribution in [3.05, 3.63) is 40.3 Å². The Kier molecular flexibility index (Phi) is 4.23. The van der Waals surface area contributed by atoms with E-state index in [-0.39, 0.29) is 0 Å². The van der Waals surface area contributed by atoms with Gasteiger partial charge in [-0.3, -0.25) is 4.90 Å². The first-order valence-corrected chi connectivity index (χ1v) is 9.25. The highest BCUT2D eigenvalue weighted by Crippen LogP contribution is 2.41. The highest BCUT2D eigenvalue weighted by Gasteiger charge is 2.27. The van der Waals surface area contributed by atoms with Gasteiger partial charge in [-0.05, 0) is 37.1 Å². The summed E-state index contributed by atoms with van der Waals surface area (Å²) in [5, 5.41) is 3.61. The van der Waals surface area contributed by atoms with Crippen molar-refractivity contribution in [2.45, 2.75) is 25.3 Å². The molecule has 4 rings (SSSR count). The summed E-state index contributed by atoms with van der Waals surface area (Å²) in [6.45, 7) is 5.35. The molecule has 2 heterocycles. The van der Waals surface area contributed by atoms with Gasteiger partial charge >= 0.3 is 0 Å². The van der Waals surface area contributed by atoms with E-state index in [1.165, 1.54) is 29.2 Å². The van der Waals surface area contributed by atoms with Gasteiger partial charge in [-0.1, -0.05) is 0 Å². The number of benzene rings is 1. The first-order valence-electron chi connectivity index (χ1n) is 8.37. The fourth-order valence-electron chi connectivity index (χ4n) is 3.10. The molecule has 1 saturated heterocycles. The summed E-state index contributed by atoms with van der Waals surface area (Å²) >= 11 is 1.85. The lowest BCUT2D eigenvalue weighted by molar-refractivity contribution is 0.247. The van der Waals surface area contributed by atoms with Crippen molar-refractivity contribution in [1.82, 2.24) is 9.88 Å². The molecule has 122 valence electrons. The summed E-state index contributed by atoms with van der Waals surface area (Å²) in [5.74, 6) is 1.70. The van der Waals surface area contributed by atoms with Crippen LogP contribution in [0.25, 0.3) is 0 Å². The zero-order valence-corrected chi connectivity index (χ0v) is 14.4. The van der Waals surface area contributed by atoms with Gasteiger partial charge in [-0.2, -0.15) is 0 Å². The van der Waals surface area contributed by atoms with Crippen molar-refractivity contribution in [1.29, 1.82) is 0 Å². The Balaban J connectivity index is 1.31. The number of thiazole rings is 1. The van der Waals surface area contributed by atoms with E-state index < -0.39 is 0 Å². The van der Waals surface area contributed by atoms with Crippen LogP contribution in [-0.2, 0) is 6.54 Å². The number of hydrogen-bond acceptors (Lipinski definition) is 5. The number of piperazine rings is 1. The second kappa shape index (κ2) is 6.49. The Morgan fingerprint density at radius 3 is 2.52 bits per heavy atom. The van der Waals surface area contributed by atoms with Crippen molar-refractivity contribution in [3.8, 4) is 5.75 Å². The minimum absolute atomic E-state index is 0.778. The van der Waals surface area contributed by atoms with Gasteiger partial charge in [-0.15, -0.1) is 11.3 Å². The van der Waals surface area contributed by atoms with Crippen LogP contribution >= 0.6 is 11.3 Å². The van der Waals surface area contributed by atoms with E-state index in [4.69, 9.17) is 9.72 Å². The van der Waals surface area contributed by atoms with Crippen LogP contribution in [-0.4, -0.2) is 43.2 Å². The number of aromatic nitrogens is 1. The van der Waals surface area contributed by atoms with Crippen LogP contribution in [0.1, 0.15) is 29.5 Å². The van der Waals surface area contributed by atoms with Crippen LogP contribution in [0.4, 0.5) is 5.69 Å². The van der Waals surface area contributed by atoms with Gasteiger partial charge in [0.1, 0.15) is 5.75 Å². The van der Waals surface area contributed by atoms with Gasteiger partial charge < -0.3 is 9.64 Å². The van der Waals surface area contributed by atoms with Crippen LogP contribution in [0.5, 0.6) is 5.75 Å². The second-order valence-corrected chi connectivity index (χ2v) is 7.30. The molecule has 2 aliphatic rings. The second-order valence-electron chi connectivity index (χ2n) is 6.41. The van der Waals surface area contributed by atoms with Crippen molar-refractivity contribution >= 4 is 17.0 Å². The molecule has 4 nitrogen and oxygen atoms in total. The molecule has 0 radical (unpaired) electrons. The molecule has 0 spiro atoms. The average Bonchev–Trinajstić information content (AvgIpc) is 3.36. The fraction of sp³-hybridized carbons (Fsp3) is 0.500. The minimum Gasteiger partial charge on any atom is -0.497 e. The molecule has 1 aromatic carbocycles. The molecule has 1 saturated carbocycles. The third-order valence-corrected chi connectivity index (χ3v) is 5.75. The molecule has 0 bridgehead atoms. The summed E-state index contributed by atoms with van der Waals surface area (Å²) in [6.07, 6.45) is 2.68. The van der Waals surface area contributed by atoms with Crippen molar-refractivity contribution in [3.63, 3.8) is 0 Å². The van der Waals surface area contributed by atoms with Gasteiger partial charge in [0.2, 0.25) is 0 Å². The number of anilines is 1. The summed E-state index contributed by atoms with van der Waals surface area (Å²) in [7, 11) is 1.71. The Morgan fingerprint density at radius 1 is 1.13 bits per heavy atom. The summed E-state index contributed by atoms with van der Waals surface area (Å²) in [4.78, 5) is 9.78. The minimum atomic E-state index is 0.778. The van der Waals surface area contributed by atoms with Crippen LogP contribution in [0.2, 0.25) is 0 Å². The zero-order chi connectivity index (χ0) is 15.6. The third-order valence-electron chi connectivity index (χ3n) is 4.69. The maximum absolute atomic E-state index is 5.23. The summed E-state index contributed by atoms with van der Waals surface area (Å²) < 4.78 is 5.23. The van der Waals surface area contributed by atoms with Gasteiger partial charge in [-0.25, -0.2) is 4.98 Å². The van der Waals surface area contributed by atoms with Gasteiger partial charge in [0.15, 0.2) is 0 Å². The maximum atomic E-state index is 5.23. The molecule has 1 aromatic heterocycles. The molecule has 23 heavy (non-hydrogen) atoms. The molecule has 1 aliphatic carbocycles. The predicted molar refractivity (Wildman–Crippen MR) is 94.6 cm³/mol. The van der Waals surface area contributed by atoms with E-state index in [2.05, 4.69) is 27.3 Å². The fourth-order valence-corrected chi connectivity index (χ4v) is 4.08. The molecule has 2 aromatic rings. The monoisotopic (exact) mass is 329 g/mol. The van der Waals surface area contributed by atoms with E-state index in [0.29, 0.717) is 0 Å². The first-order chi connectivity index (χ1) is 11.3. The molecular weight excluding hydrogens is 306 g/mol. The number of methoxy groups -OCH3 is 1. The van der Waals surface area contributed by atoms with Crippen LogP contribution < -0.4 is 9.64 Å². The van der Waals surface area contributed by atoms with E-state index in [1.54, 1.807) is 7.11 Å². The SMILES string of the molecule is COc1ccc(N2CCN(Cc3csc(C4CC4)n3)CC2)cc1. The van der Waals surface area contributed by atoms with E-state index >= 15 is 0 Å². The van der Waals surface area contributed by atoms with E-state index in [0.717, 1.165) is 44.4 Å². The van der Waals surface area contributed by atoms with Crippen LogP contribution in [0, 0.1) is 0 Å². The molecule has 1 aliphatic heterocycles. The standard InChI is InChI=1S/C18H23N3OS/c1-22-17-6-4-16(5-7-17)21-10-8-20(9-11-21)12-15-13-23-18(19-15)14-2-3-14/h4-7,13-14H,2-3,8-12H2,1H3. The quantitative estimate of drug-likeness (QED) is 0.841. The lowest BCUT2D eigenvalue weighted by atomic mass is 10.2. The van der Waals surface area contributed by atoms with E-state index in [1.807, 2.05) is 23.5 Å². The average molecular weight is 329 g/mol. The van der Waals surface area contributed by atoms with Gasteiger partial charge in [0, 0.05) is 49.7 Å². The lowest BCUT2D eigenvalue weighted by Gasteiger charge is -2.35. The van der Waals surface area contributed by atoms with Gasteiger partial charge in [0.25, 0.3) is 0 Å². The lowest BCUT2D eigenvalue weighted by Crippen LogP contribution is -2.46. The smallest absolute Gasteiger partial charge is 0.119 e. The van der Waals surface area contributed by atoms with Crippen molar-refractivity contribution in [2.24, 2.45) is 0 Å². The Hall–Kier alpha value is -1.59. The first kappa shape index (κ1) is 15.0. The predicted octanol–water partition coefficient (Wildman–Crippen LogP) is 3.35. The number of hydrogen-bond donors (Lipinski definition) is 0. The van der Waals surface area contributed by atoms with E-state index in [9.17, 15) is 0 Å². The summed E-state index contributed by atoms with van der Waals surface area (Å²) in [6, 6.07) is 8.38. The Morgan fingerprint density at radius 2 is 1.87 bits per heavy atom. The van der Waals surface area contributed by atoms with Crippen LogP contribution in [0.3, 0.4) is 0 Å². The molecule has 0 amide bonds. The molecule has 0 N–H and O–H groups in total. The zero-order valence-electron chi connectivity index (χ0n) is 13.6. The Bertz CT molecular complexity index is 643. The molecular formula is C18H23N3OS. The largest absolute Gasteiger partial charge is 0.497 e. The highest BCUT2D eigenvalue weighted by atomic mass is 32.1. The topological polar surface area (TPSA) is 28.6 Å². The number of ether oxygens (including phenoxy) is 1. The third kappa shape index (κ3) is 3.51.